The monoisotopic (exact) mass is 502 g/mol. The van der Waals surface area contributed by atoms with E-state index in [1.165, 1.54) is 0 Å². The zero-order chi connectivity index (χ0) is 27.1. The molecule has 0 radical (unpaired) electrons. The molecule has 0 aromatic rings. The molecule has 0 heterocycles. The highest BCUT2D eigenvalue weighted by molar-refractivity contribution is 5.94. The minimum atomic E-state index is -1.43. The van der Waals surface area contributed by atoms with E-state index in [0.717, 1.165) is 0 Å². The number of aliphatic carboxylic acids is 1. The number of carbonyl (C=O) groups excluding carboxylic acids is 4. The van der Waals surface area contributed by atoms with Gasteiger partial charge in [-0.1, -0.05) is 13.8 Å². The Morgan fingerprint density at radius 1 is 0.857 bits per heavy atom. The number of aliphatic imine (C=N–C) groups is 1. The number of carboxylic acid groups (broad SMARTS) is 1. The molecule has 0 aromatic heterocycles. The fraction of sp³-hybridized carbons (Fsp3) is 0.700. The van der Waals surface area contributed by atoms with Crippen LogP contribution in [0.2, 0.25) is 0 Å². The van der Waals surface area contributed by atoms with Crippen LogP contribution in [0.1, 0.15) is 46.0 Å². The first kappa shape index (κ1) is 31.5. The van der Waals surface area contributed by atoms with Crippen LogP contribution in [-0.2, 0) is 24.0 Å². The Morgan fingerprint density at radius 2 is 1.37 bits per heavy atom. The van der Waals surface area contributed by atoms with Crippen LogP contribution in [0.15, 0.2) is 4.99 Å². The summed E-state index contributed by atoms with van der Waals surface area (Å²) in [6.07, 6.45) is -0.0785. The summed E-state index contributed by atoms with van der Waals surface area (Å²) in [7, 11) is 0. The molecular formula is C20H38N8O7. The number of rotatable bonds is 17. The predicted octanol–water partition coefficient (Wildman–Crippen LogP) is -3.79. The van der Waals surface area contributed by atoms with Crippen molar-refractivity contribution in [3.05, 3.63) is 0 Å². The molecule has 4 atom stereocenters. The van der Waals surface area contributed by atoms with Gasteiger partial charge in [-0.2, -0.15) is 0 Å². The van der Waals surface area contributed by atoms with Gasteiger partial charge in [0.2, 0.25) is 23.6 Å². The Kier molecular flexibility index (Phi) is 14.6. The van der Waals surface area contributed by atoms with Crippen LogP contribution in [0, 0.1) is 5.92 Å². The molecule has 0 aromatic carbocycles. The summed E-state index contributed by atoms with van der Waals surface area (Å²) < 4.78 is 0. The van der Waals surface area contributed by atoms with Crippen molar-refractivity contribution >= 4 is 35.6 Å². The van der Waals surface area contributed by atoms with Gasteiger partial charge in [0, 0.05) is 13.0 Å². The molecule has 0 fully saturated rings. The Morgan fingerprint density at radius 3 is 1.83 bits per heavy atom. The lowest BCUT2D eigenvalue weighted by atomic mass is 10.0. The number of carboxylic acids is 1. The molecular weight excluding hydrogens is 464 g/mol. The predicted molar refractivity (Wildman–Crippen MR) is 126 cm³/mol. The van der Waals surface area contributed by atoms with E-state index in [1.807, 2.05) is 13.8 Å². The molecule has 0 saturated carbocycles. The van der Waals surface area contributed by atoms with Crippen LogP contribution < -0.4 is 38.9 Å². The van der Waals surface area contributed by atoms with Crippen molar-refractivity contribution in [2.75, 3.05) is 13.2 Å². The van der Waals surface area contributed by atoms with E-state index >= 15 is 0 Å². The van der Waals surface area contributed by atoms with E-state index in [4.69, 9.17) is 28.0 Å². The van der Waals surface area contributed by atoms with E-state index in [2.05, 4.69) is 20.9 Å². The number of primary amides is 1. The zero-order valence-electron chi connectivity index (χ0n) is 20.0. The number of guanidine groups is 1. The Labute approximate surface area is 203 Å². The molecule has 15 nitrogen and oxygen atoms in total. The molecule has 15 heteroatoms. The van der Waals surface area contributed by atoms with E-state index in [0.29, 0.717) is 6.42 Å². The van der Waals surface area contributed by atoms with E-state index < -0.39 is 66.8 Å². The van der Waals surface area contributed by atoms with Crippen molar-refractivity contribution < 1.29 is 34.2 Å². The molecule has 0 bridgehead atoms. The largest absolute Gasteiger partial charge is 0.481 e. The number of nitrogens with two attached hydrogens (primary N) is 4. The fourth-order valence-electron chi connectivity index (χ4n) is 2.95. The van der Waals surface area contributed by atoms with Crippen molar-refractivity contribution in [3.8, 4) is 0 Å². The third-order valence-corrected chi connectivity index (χ3v) is 4.76. The molecule has 0 saturated heterocycles. The summed E-state index contributed by atoms with van der Waals surface area (Å²) in [4.78, 5) is 64.2. The van der Waals surface area contributed by atoms with Gasteiger partial charge in [0.1, 0.15) is 18.1 Å². The number of hydrogen-bond acceptors (Lipinski definition) is 8. The van der Waals surface area contributed by atoms with Crippen LogP contribution in [0.25, 0.3) is 0 Å². The van der Waals surface area contributed by atoms with Gasteiger partial charge in [-0.15, -0.1) is 0 Å². The minimum Gasteiger partial charge on any atom is -0.481 e. The second kappa shape index (κ2) is 16.2. The van der Waals surface area contributed by atoms with Gasteiger partial charge in [0.25, 0.3) is 0 Å². The Bertz CT molecular complexity index is 771. The first-order chi connectivity index (χ1) is 16.3. The molecule has 0 rings (SSSR count). The lowest BCUT2D eigenvalue weighted by Gasteiger charge is -2.25. The van der Waals surface area contributed by atoms with Crippen LogP contribution in [-0.4, -0.2) is 83.1 Å². The number of hydrogen-bond donors (Lipinski definition) is 9. The summed E-state index contributed by atoms with van der Waals surface area (Å²) in [5.41, 5.74) is 21.6. The van der Waals surface area contributed by atoms with Crippen LogP contribution in [0.5, 0.6) is 0 Å². The average molecular weight is 503 g/mol. The number of carbonyl (C=O) groups is 5. The smallest absolute Gasteiger partial charge is 0.303 e. The first-order valence-electron chi connectivity index (χ1n) is 11.1. The van der Waals surface area contributed by atoms with Crippen molar-refractivity contribution in [1.82, 2.24) is 16.0 Å². The summed E-state index contributed by atoms with van der Waals surface area (Å²) in [5, 5.41) is 25.3. The van der Waals surface area contributed by atoms with E-state index in [-0.39, 0.29) is 37.7 Å². The Balaban J connectivity index is 5.59. The second-order valence-electron chi connectivity index (χ2n) is 8.39. The highest BCUT2D eigenvalue weighted by Crippen LogP contribution is 2.07. The zero-order valence-corrected chi connectivity index (χ0v) is 20.0. The van der Waals surface area contributed by atoms with Gasteiger partial charge in [-0.05, 0) is 31.6 Å². The van der Waals surface area contributed by atoms with E-state index in [9.17, 15) is 29.1 Å². The van der Waals surface area contributed by atoms with Crippen LogP contribution in [0.3, 0.4) is 0 Å². The number of aliphatic hydroxyl groups is 1. The normalized spacial score (nSPS) is 14.2. The topological polar surface area (TPSA) is 278 Å². The number of amides is 4. The SMILES string of the molecule is CC(C)C[C@H](N)C(=O)N[C@@H](CCCN=C(N)N)C(=O)N[C@@H](CCC(=O)O)C(=O)N[C@@H](CO)C(N)=O. The van der Waals surface area contributed by atoms with Crippen LogP contribution >= 0.6 is 0 Å². The maximum atomic E-state index is 13.0. The summed E-state index contributed by atoms with van der Waals surface area (Å²) >= 11 is 0. The van der Waals surface area contributed by atoms with Gasteiger partial charge in [0.15, 0.2) is 5.96 Å². The maximum Gasteiger partial charge on any atom is 0.303 e. The van der Waals surface area contributed by atoms with Gasteiger partial charge in [0.05, 0.1) is 12.6 Å². The lowest BCUT2D eigenvalue weighted by Crippen LogP contribution is -2.58. The molecule has 4 amide bonds. The summed E-state index contributed by atoms with van der Waals surface area (Å²) in [6, 6.07) is -4.85. The lowest BCUT2D eigenvalue weighted by molar-refractivity contribution is -0.138. The number of nitrogens with one attached hydrogen (secondary N) is 3. The van der Waals surface area contributed by atoms with Gasteiger partial charge >= 0.3 is 5.97 Å². The maximum absolute atomic E-state index is 13.0. The molecule has 0 spiro atoms. The highest BCUT2D eigenvalue weighted by Gasteiger charge is 2.30. The standard InChI is InChI=1S/C20H38N8O7/c1-10(2)8-11(21)17(33)26-12(4-3-7-25-20(23)24)18(34)27-13(5-6-15(30)31)19(35)28-14(9-29)16(22)32/h10-14,29H,3-9,21H2,1-2H3,(H2,22,32)(H,26,33)(H,27,34)(H,28,35)(H,30,31)(H4,23,24,25)/t11-,12-,13-,14-/m0/s1. The van der Waals surface area contributed by atoms with Gasteiger partial charge in [-0.25, -0.2) is 0 Å². The second-order valence-corrected chi connectivity index (χ2v) is 8.39. The van der Waals surface area contributed by atoms with E-state index in [1.54, 1.807) is 0 Å². The third kappa shape index (κ3) is 13.7. The van der Waals surface area contributed by atoms with Crippen molar-refractivity contribution in [1.29, 1.82) is 0 Å². The fourth-order valence-corrected chi connectivity index (χ4v) is 2.95. The van der Waals surface area contributed by atoms with Crippen molar-refractivity contribution in [3.63, 3.8) is 0 Å². The van der Waals surface area contributed by atoms with Gasteiger partial charge < -0.3 is 49.1 Å². The summed E-state index contributed by atoms with van der Waals surface area (Å²) in [5.74, 6) is -4.57. The van der Waals surface area contributed by atoms with Gasteiger partial charge in [-0.3, -0.25) is 29.0 Å². The summed E-state index contributed by atoms with van der Waals surface area (Å²) in [6.45, 7) is 3.13. The Hall–Kier alpha value is -3.46. The molecule has 35 heavy (non-hydrogen) atoms. The first-order valence-corrected chi connectivity index (χ1v) is 11.1. The molecule has 200 valence electrons. The molecule has 0 unspecified atom stereocenters. The number of nitrogens with zero attached hydrogens (tertiary/aromatic N) is 1. The molecule has 0 aliphatic carbocycles. The molecule has 0 aliphatic heterocycles. The molecule has 0 aliphatic rings. The molecule has 13 N–H and O–H groups in total. The highest BCUT2D eigenvalue weighted by atomic mass is 16.4. The van der Waals surface area contributed by atoms with Crippen molar-refractivity contribution in [2.45, 2.75) is 70.1 Å². The van der Waals surface area contributed by atoms with Crippen LogP contribution in [0.4, 0.5) is 0 Å². The minimum absolute atomic E-state index is 0.0799. The van der Waals surface area contributed by atoms with Crippen molar-refractivity contribution in [2.24, 2.45) is 33.8 Å². The number of aliphatic hydroxyl groups excluding tert-OH is 1. The quantitative estimate of drug-likeness (QED) is 0.0531. The average Bonchev–Trinajstić information content (AvgIpc) is 2.75. The third-order valence-electron chi connectivity index (χ3n) is 4.76.